The summed E-state index contributed by atoms with van der Waals surface area (Å²) in [5.74, 6) is 0.0492. The van der Waals surface area contributed by atoms with Gasteiger partial charge in [-0.1, -0.05) is 39.7 Å². The molecule has 0 saturated heterocycles. The van der Waals surface area contributed by atoms with Crippen molar-refractivity contribution in [3.8, 4) is 11.5 Å². The molecule has 7 heteroatoms. The zero-order valence-corrected chi connectivity index (χ0v) is 19.6. The quantitative estimate of drug-likeness (QED) is 0.214. The Morgan fingerprint density at radius 1 is 0.969 bits per heavy atom. The van der Waals surface area contributed by atoms with Gasteiger partial charge >= 0.3 is 5.97 Å². The van der Waals surface area contributed by atoms with Crippen LogP contribution in [0.25, 0.3) is 0 Å². The molecule has 1 N–H and O–H groups in total. The highest BCUT2D eigenvalue weighted by Gasteiger charge is 2.12. The molecule has 32 heavy (non-hydrogen) atoms. The van der Waals surface area contributed by atoms with E-state index >= 15 is 0 Å². The summed E-state index contributed by atoms with van der Waals surface area (Å²) < 4.78 is 11.8. The molecule has 0 saturated carbocycles. The number of nitrogens with zero attached hydrogens (tertiary/aromatic N) is 1. The van der Waals surface area contributed by atoms with Crippen molar-refractivity contribution >= 4 is 34.0 Å². The summed E-state index contributed by atoms with van der Waals surface area (Å²) in [7, 11) is 0. The lowest BCUT2D eigenvalue weighted by molar-refractivity contribution is -0.123. The van der Waals surface area contributed by atoms with Crippen LogP contribution in [0.3, 0.4) is 0 Å². The maximum atomic E-state index is 12.4. The smallest absolute Gasteiger partial charge is 0.343 e. The molecule has 0 aliphatic heterocycles. The predicted molar refractivity (Wildman–Crippen MR) is 127 cm³/mol. The van der Waals surface area contributed by atoms with E-state index in [9.17, 15) is 9.59 Å². The summed E-state index contributed by atoms with van der Waals surface area (Å²) in [6, 6.07) is 17.9. The maximum absolute atomic E-state index is 12.4. The monoisotopic (exact) mass is 494 g/mol. The number of carbonyl (C=O) groups is 2. The second kappa shape index (κ2) is 10.7. The molecule has 0 fully saturated rings. The number of ether oxygens (including phenoxy) is 2. The predicted octanol–water partition coefficient (Wildman–Crippen LogP) is 5.12. The number of rotatable bonds is 7. The molecule has 3 aromatic rings. The van der Waals surface area contributed by atoms with E-state index < -0.39 is 11.9 Å². The third-order valence-corrected chi connectivity index (χ3v) is 5.20. The molecule has 0 aliphatic carbocycles. The van der Waals surface area contributed by atoms with E-state index in [1.165, 1.54) is 6.21 Å². The highest BCUT2D eigenvalue weighted by Crippen LogP contribution is 2.23. The van der Waals surface area contributed by atoms with E-state index in [0.29, 0.717) is 22.6 Å². The minimum atomic E-state index is -0.479. The third-order valence-electron chi connectivity index (χ3n) is 4.70. The lowest BCUT2D eigenvalue weighted by atomic mass is 10.1. The fourth-order valence-electron chi connectivity index (χ4n) is 2.72. The van der Waals surface area contributed by atoms with Crippen LogP contribution >= 0.6 is 15.9 Å². The van der Waals surface area contributed by atoms with Crippen LogP contribution in [0.2, 0.25) is 0 Å². The average molecular weight is 495 g/mol. The number of carbonyl (C=O) groups excluding carboxylic acids is 2. The molecule has 6 nitrogen and oxygen atoms in total. The van der Waals surface area contributed by atoms with Crippen molar-refractivity contribution in [2.24, 2.45) is 5.10 Å². The number of esters is 1. The molecule has 0 unspecified atom stereocenters. The Hall–Kier alpha value is -3.45. The molecule has 0 aliphatic rings. The van der Waals surface area contributed by atoms with Gasteiger partial charge in [-0.05, 0) is 74.4 Å². The lowest BCUT2D eigenvalue weighted by Gasteiger charge is -2.09. The van der Waals surface area contributed by atoms with E-state index in [0.717, 1.165) is 21.2 Å². The van der Waals surface area contributed by atoms with E-state index in [-0.39, 0.29) is 6.61 Å². The zero-order chi connectivity index (χ0) is 23.1. The number of aryl methyl sites for hydroxylation is 3. The van der Waals surface area contributed by atoms with Gasteiger partial charge in [-0.3, -0.25) is 4.79 Å². The van der Waals surface area contributed by atoms with E-state index in [2.05, 4.69) is 26.5 Å². The molecule has 0 bridgehead atoms. The van der Waals surface area contributed by atoms with Gasteiger partial charge in [0.1, 0.15) is 11.5 Å². The molecule has 0 heterocycles. The van der Waals surface area contributed by atoms with Crippen molar-refractivity contribution in [3.05, 3.63) is 93.0 Å². The Morgan fingerprint density at radius 3 is 2.44 bits per heavy atom. The van der Waals surface area contributed by atoms with Gasteiger partial charge in [0, 0.05) is 10.0 Å². The normalized spacial score (nSPS) is 10.8. The molecule has 0 atom stereocenters. The van der Waals surface area contributed by atoms with Crippen molar-refractivity contribution in [1.29, 1.82) is 0 Å². The van der Waals surface area contributed by atoms with Crippen LogP contribution < -0.4 is 14.9 Å². The first-order valence-electron chi connectivity index (χ1n) is 9.92. The second-order valence-electron chi connectivity index (χ2n) is 7.27. The van der Waals surface area contributed by atoms with Gasteiger partial charge < -0.3 is 9.47 Å². The van der Waals surface area contributed by atoms with Crippen LogP contribution in [0.1, 0.15) is 32.6 Å². The van der Waals surface area contributed by atoms with Crippen molar-refractivity contribution in [1.82, 2.24) is 5.43 Å². The lowest BCUT2D eigenvalue weighted by Crippen LogP contribution is -2.24. The molecule has 0 aromatic heterocycles. The highest BCUT2D eigenvalue weighted by atomic mass is 79.9. The Morgan fingerprint density at radius 2 is 1.72 bits per heavy atom. The summed E-state index contributed by atoms with van der Waals surface area (Å²) in [6.45, 7) is 5.76. The number of benzene rings is 3. The molecule has 164 valence electrons. The standard InChI is InChI=1S/C25H23BrN2O4/c1-16-4-7-19(8-5-16)25(30)32-23-11-9-21(26)13-20(23)14-27-28-24(29)15-31-22-10-6-17(2)18(3)12-22/h4-14H,15H2,1-3H3,(H,28,29)/b27-14-. The third kappa shape index (κ3) is 6.52. The van der Waals surface area contributed by atoms with Gasteiger partial charge in [0.05, 0.1) is 11.8 Å². The SMILES string of the molecule is Cc1ccc(C(=O)Oc2ccc(Br)cc2/C=N\NC(=O)COc2ccc(C)c(C)c2)cc1. The Kier molecular flexibility index (Phi) is 7.78. The van der Waals surface area contributed by atoms with Crippen LogP contribution in [0, 0.1) is 20.8 Å². The molecule has 3 rings (SSSR count). The first kappa shape index (κ1) is 23.2. The van der Waals surface area contributed by atoms with Crippen LogP contribution in [-0.4, -0.2) is 24.7 Å². The van der Waals surface area contributed by atoms with E-state index in [4.69, 9.17) is 9.47 Å². The van der Waals surface area contributed by atoms with Gasteiger partial charge in [-0.15, -0.1) is 0 Å². The maximum Gasteiger partial charge on any atom is 0.343 e. The molecular weight excluding hydrogens is 472 g/mol. The Labute approximate surface area is 195 Å². The fourth-order valence-corrected chi connectivity index (χ4v) is 3.10. The summed E-state index contributed by atoms with van der Waals surface area (Å²) in [6.07, 6.45) is 1.41. The first-order chi connectivity index (χ1) is 15.3. The molecule has 0 spiro atoms. The minimum Gasteiger partial charge on any atom is -0.484 e. The Bertz CT molecular complexity index is 1160. The zero-order valence-electron chi connectivity index (χ0n) is 18.0. The van der Waals surface area contributed by atoms with Gasteiger partial charge in [-0.2, -0.15) is 5.10 Å². The van der Waals surface area contributed by atoms with Gasteiger partial charge in [0.2, 0.25) is 0 Å². The summed E-state index contributed by atoms with van der Waals surface area (Å²) in [5.41, 5.74) is 6.67. The molecular formula is C25H23BrN2O4. The second-order valence-corrected chi connectivity index (χ2v) is 8.18. The summed E-state index contributed by atoms with van der Waals surface area (Å²) in [5, 5.41) is 3.96. The van der Waals surface area contributed by atoms with Crippen molar-refractivity contribution in [2.45, 2.75) is 20.8 Å². The van der Waals surface area contributed by atoms with Crippen molar-refractivity contribution in [3.63, 3.8) is 0 Å². The van der Waals surface area contributed by atoms with Crippen LogP contribution in [-0.2, 0) is 4.79 Å². The van der Waals surface area contributed by atoms with Gasteiger partial charge in [-0.25, -0.2) is 10.2 Å². The summed E-state index contributed by atoms with van der Waals surface area (Å²) in [4.78, 5) is 24.5. The number of amides is 1. The fraction of sp³-hybridized carbons (Fsp3) is 0.160. The Balaban J connectivity index is 1.61. The average Bonchev–Trinajstić information content (AvgIpc) is 2.76. The van der Waals surface area contributed by atoms with Crippen molar-refractivity contribution < 1.29 is 19.1 Å². The number of nitrogens with one attached hydrogen (secondary N) is 1. The van der Waals surface area contributed by atoms with Crippen molar-refractivity contribution in [2.75, 3.05) is 6.61 Å². The minimum absolute atomic E-state index is 0.173. The van der Waals surface area contributed by atoms with Gasteiger partial charge in [0.15, 0.2) is 6.61 Å². The van der Waals surface area contributed by atoms with Crippen LogP contribution in [0.4, 0.5) is 0 Å². The first-order valence-corrected chi connectivity index (χ1v) is 10.7. The molecule has 0 radical (unpaired) electrons. The number of hydrazone groups is 1. The molecule has 3 aromatic carbocycles. The molecule has 1 amide bonds. The van der Waals surface area contributed by atoms with Crippen LogP contribution in [0.5, 0.6) is 11.5 Å². The largest absolute Gasteiger partial charge is 0.484 e. The number of hydrogen-bond acceptors (Lipinski definition) is 5. The van der Waals surface area contributed by atoms with Gasteiger partial charge in [0.25, 0.3) is 5.91 Å². The topological polar surface area (TPSA) is 77.0 Å². The van der Waals surface area contributed by atoms with E-state index in [1.807, 2.05) is 51.1 Å². The highest BCUT2D eigenvalue weighted by molar-refractivity contribution is 9.10. The number of hydrogen-bond donors (Lipinski definition) is 1. The summed E-state index contributed by atoms with van der Waals surface area (Å²) >= 11 is 3.39. The van der Waals surface area contributed by atoms with E-state index in [1.54, 1.807) is 30.3 Å². The van der Waals surface area contributed by atoms with Crippen LogP contribution in [0.15, 0.2) is 70.2 Å². The number of halogens is 1.